The van der Waals surface area contributed by atoms with Crippen LogP contribution in [0.15, 0.2) is 53.4 Å². The Hall–Kier alpha value is -2.45. The normalized spacial score (nSPS) is 12.5. The summed E-state index contributed by atoms with van der Waals surface area (Å²) in [5, 5.41) is 2.51. The van der Waals surface area contributed by atoms with Crippen molar-refractivity contribution in [2.45, 2.75) is 17.9 Å². The highest BCUT2D eigenvalue weighted by atomic mass is 32.2. The van der Waals surface area contributed by atoms with Crippen molar-refractivity contribution in [2.24, 2.45) is 0 Å². The summed E-state index contributed by atoms with van der Waals surface area (Å²) in [5.41, 5.74) is 0.372. The second kappa shape index (κ2) is 7.41. The first-order valence-corrected chi connectivity index (χ1v) is 8.53. The van der Waals surface area contributed by atoms with Crippen LogP contribution in [0.2, 0.25) is 0 Å². The van der Waals surface area contributed by atoms with E-state index in [1.165, 1.54) is 62.6 Å². The van der Waals surface area contributed by atoms with Crippen LogP contribution < -0.4 is 14.8 Å². The molecule has 128 valence electrons. The van der Waals surface area contributed by atoms with Crippen molar-refractivity contribution in [2.75, 3.05) is 12.4 Å². The Balaban J connectivity index is 2.04. The highest BCUT2D eigenvalue weighted by molar-refractivity contribution is 7.89. The second-order valence-electron chi connectivity index (χ2n) is 5.01. The number of methoxy groups -OCH3 is 1. The first-order valence-electron chi connectivity index (χ1n) is 7.04. The molecule has 0 aliphatic rings. The van der Waals surface area contributed by atoms with Crippen molar-refractivity contribution in [1.29, 1.82) is 0 Å². The fourth-order valence-electron chi connectivity index (χ4n) is 1.89. The molecule has 0 aliphatic heterocycles. The maximum atomic E-state index is 12.8. The number of nitrogens with one attached hydrogen (secondary N) is 2. The highest BCUT2D eigenvalue weighted by Crippen LogP contribution is 2.16. The van der Waals surface area contributed by atoms with Gasteiger partial charge < -0.3 is 10.1 Å². The number of carbonyl (C=O) groups is 1. The van der Waals surface area contributed by atoms with Crippen molar-refractivity contribution in [1.82, 2.24) is 4.72 Å². The summed E-state index contributed by atoms with van der Waals surface area (Å²) in [4.78, 5) is 12.1. The number of rotatable bonds is 6. The van der Waals surface area contributed by atoms with Gasteiger partial charge in [0.25, 0.3) is 0 Å². The molecule has 1 atom stereocenters. The van der Waals surface area contributed by atoms with E-state index in [1.807, 2.05) is 0 Å². The minimum Gasteiger partial charge on any atom is -0.497 e. The maximum Gasteiger partial charge on any atom is 0.242 e. The smallest absolute Gasteiger partial charge is 0.242 e. The van der Waals surface area contributed by atoms with Gasteiger partial charge in [0.05, 0.1) is 18.0 Å². The fraction of sp³-hybridized carbons (Fsp3) is 0.188. The summed E-state index contributed by atoms with van der Waals surface area (Å²) in [6.45, 7) is 1.42. The van der Waals surface area contributed by atoms with Gasteiger partial charge >= 0.3 is 0 Å². The van der Waals surface area contributed by atoms with Crippen LogP contribution in [0.1, 0.15) is 6.92 Å². The number of hydrogen-bond donors (Lipinski definition) is 2. The third-order valence-corrected chi connectivity index (χ3v) is 4.76. The average molecular weight is 352 g/mol. The molecule has 0 spiro atoms. The number of ether oxygens (including phenoxy) is 1. The lowest BCUT2D eigenvalue weighted by atomic mass is 10.3. The largest absolute Gasteiger partial charge is 0.497 e. The number of benzene rings is 2. The molecule has 8 heteroatoms. The van der Waals surface area contributed by atoms with Crippen molar-refractivity contribution >= 4 is 21.6 Å². The Kier molecular flexibility index (Phi) is 5.53. The molecule has 2 rings (SSSR count). The lowest BCUT2D eigenvalue weighted by Gasteiger charge is -2.14. The van der Waals surface area contributed by atoms with Gasteiger partial charge in [0, 0.05) is 5.69 Å². The van der Waals surface area contributed by atoms with E-state index >= 15 is 0 Å². The zero-order valence-corrected chi connectivity index (χ0v) is 13.9. The van der Waals surface area contributed by atoms with Crippen LogP contribution in [0, 0.1) is 5.82 Å². The number of anilines is 1. The highest BCUT2D eigenvalue weighted by Gasteiger charge is 2.22. The van der Waals surface area contributed by atoms with E-state index in [9.17, 15) is 17.6 Å². The maximum absolute atomic E-state index is 12.8. The van der Waals surface area contributed by atoms with Crippen LogP contribution in [-0.4, -0.2) is 27.5 Å². The van der Waals surface area contributed by atoms with Gasteiger partial charge in [-0.3, -0.25) is 4.79 Å². The Morgan fingerprint density at radius 2 is 1.67 bits per heavy atom. The van der Waals surface area contributed by atoms with Gasteiger partial charge in [-0.2, -0.15) is 4.72 Å². The standard InChI is InChI=1S/C16H17FN2O4S/c1-11(16(20)18-13-5-3-12(17)4-6-13)19-24(21,22)15-9-7-14(23-2)8-10-15/h3-11,19H,1-2H3,(H,18,20)/t11-/m0/s1. The topological polar surface area (TPSA) is 84.5 Å². The molecule has 0 saturated carbocycles. The molecule has 0 radical (unpaired) electrons. The first kappa shape index (κ1) is 17.9. The molecule has 2 aromatic rings. The molecule has 1 amide bonds. The zero-order valence-electron chi connectivity index (χ0n) is 13.1. The summed E-state index contributed by atoms with van der Waals surface area (Å²) < 4.78 is 44.6. The molecule has 2 N–H and O–H groups in total. The van der Waals surface area contributed by atoms with Gasteiger partial charge in [-0.05, 0) is 55.5 Å². The first-order chi connectivity index (χ1) is 11.3. The van der Waals surface area contributed by atoms with Crippen LogP contribution >= 0.6 is 0 Å². The molecule has 0 heterocycles. The Bertz CT molecular complexity index is 805. The van der Waals surface area contributed by atoms with Crippen LogP contribution in [0.3, 0.4) is 0 Å². The van der Waals surface area contributed by atoms with Crippen molar-refractivity contribution in [3.63, 3.8) is 0 Å². The lowest BCUT2D eigenvalue weighted by Crippen LogP contribution is -2.41. The minimum absolute atomic E-state index is 0.0183. The third kappa shape index (κ3) is 4.53. The van der Waals surface area contributed by atoms with Crippen LogP contribution in [0.25, 0.3) is 0 Å². The molecule has 0 aliphatic carbocycles. The number of halogens is 1. The summed E-state index contributed by atoms with van der Waals surface area (Å²) in [6.07, 6.45) is 0. The molecule has 0 aromatic heterocycles. The van der Waals surface area contributed by atoms with Crippen molar-refractivity contribution in [3.05, 3.63) is 54.3 Å². The molecule has 24 heavy (non-hydrogen) atoms. The van der Waals surface area contributed by atoms with Gasteiger partial charge in [-0.25, -0.2) is 12.8 Å². The minimum atomic E-state index is -3.85. The van der Waals surface area contributed by atoms with E-state index in [0.29, 0.717) is 11.4 Å². The molecule has 6 nitrogen and oxygen atoms in total. The van der Waals surface area contributed by atoms with E-state index in [0.717, 1.165) is 0 Å². The Labute approximate surface area is 139 Å². The quantitative estimate of drug-likeness (QED) is 0.834. The van der Waals surface area contributed by atoms with E-state index in [2.05, 4.69) is 10.0 Å². The zero-order chi connectivity index (χ0) is 17.7. The molecule has 0 unspecified atom stereocenters. The summed E-state index contributed by atoms with van der Waals surface area (Å²) >= 11 is 0. The van der Waals surface area contributed by atoms with Gasteiger partial charge in [0.1, 0.15) is 11.6 Å². The SMILES string of the molecule is COc1ccc(S(=O)(=O)N[C@@H](C)C(=O)Nc2ccc(F)cc2)cc1. The molecule has 0 bridgehead atoms. The number of amides is 1. The van der Waals surface area contributed by atoms with Crippen LogP contribution in [0.4, 0.5) is 10.1 Å². The summed E-state index contributed by atoms with van der Waals surface area (Å²) in [5.74, 6) is -0.462. The molecular formula is C16H17FN2O4S. The monoisotopic (exact) mass is 352 g/mol. The molecule has 0 saturated heterocycles. The Morgan fingerprint density at radius 1 is 1.08 bits per heavy atom. The van der Waals surface area contributed by atoms with Gasteiger partial charge in [0.2, 0.25) is 15.9 Å². The average Bonchev–Trinajstić information content (AvgIpc) is 2.56. The third-order valence-electron chi connectivity index (χ3n) is 3.21. The predicted octanol–water partition coefficient (Wildman–Crippen LogP) is 2.14. The molecule has 2 aromatic carbocycles. The van der Waals surface area contributed by atoms with Gasteiger partial charge in [-0.15, -0.1) is 0 Å². The van der Waals surface area contributed by atoms with Crippen LogP contribution in [-0.2, 0) is 14.8 Å². The van der Waals surface area contributed by atoms with E-state index < -0.39 is 27.8 Å². The van der Waals surface area contributed by atoms with Gasteiger partial charge in [0.15, 0.2) is 0 Å². The predicted molar refractivity (Wildman–Crippen MR) is 87.8 cm³/mol. The number of sulfonamides is 1. The summed E-state index contributed by atoms with van der Waals surface area (Å²) in [7, 11) is -2.38. The van der Waals surface area contributed by atoms with Crippen molar-refractivity contribution < 1.29 is 22.3 Å². The van der Waals surface area contributed by atoms with E-state index in [-0.39, 0.29) is 4.90 Å². The van der Waals surface area contributed by atoms with E-state index in [1.54, 1.807) is 0 Å². The molecular weight excluding hydrogens is 335 g/mol. The second-order valence-corrected chi connectivity index (χ2v) is 6.73. The number of carbonyl (C=O) groups excluding carboxylic acids is 1. The Morgan fingerprint density at radius 3 is 2.21 bits per heavy atom. The summed E-state index contributed by atoms with van der Waals surface area (Å²) in [6, 6.07) is 9.94. The van der Waals surface area contributed by atoms with E-state index in [4.69, 9.17) is 4.74 Å². The van der Waals surface area contributed by atoms with Crippen LogP contribution in [0.5, 0.6) is 5.75 Å². The van der Waals surface area contributed by atoms with Crippen molar-refractivity contribution in [3.8, 4) is 5.75 Å². The fourth-order valence-corrected chi connectivity index (χ4v) is 3.10. The van der Waals surface area contributed by atoms with Gasteiger partial charge in [-0.1, -0.05) is 0 Å². The molecule has 0 fully saturated rings. The number of hydrogen-bond acceptors (Lipinski definition) is 4. The lowest BCUT2D eigenvalue weighted by molar-refractivity contribution is -0.117.